The lowest BCUT2D eigenvalue weighted by molar-refractivity contribution is -0.711. The van der Waals surface area contributed by atoms with Gasteiger partial charge >= 0.3 is 0 Å². The fourth-order valence-corrected chi connectivity index (χ4v) is 2.48. The van der Waals surface area contributed by atoms with Crippen molar-refractivity contribution in [3.8, 4) is 11.9 Å². The van der Waals surface area contributed by atoms with Crippen molar-refractivity contribution in [2.24, 2.45) is 0 Å². The molecule has 0 atom stereocenters. The summed E-state index contributed by atoms with van der Waals surface area (Å²) in [5.41, 5.74) is 1.53. The maximum absolute atomic E-state index is 12.6. The highest BCUT2D eigenvalue weighted by molar-refractivity contribution is 6.04. The third-order valence-electron chi connectivity index (χ3n) is 3.62. The van der Waals surface area contributed by atoms with Crippen LogP contribution in [0, 0.1) is 18.3 Å². The summed E-state index contributed by atoms with van der Waals surface area (Å²) in [5, 5.41) is 24.0. The molecule has 3 aromatic heterocycles. The number of aromatic nitrogens is 3. The van der Waals surface area contributed by atoms with E-state index in [0.717, 1.165) is 5.56 Å². The fraction of sp³-hybridized carbons (Fsp3) is 0.176. The number of pyridine rings is 2. The molecule has 1 N–H and O–H groups in total. The van der Waals surface area contributed by atoms with Crippen molar-refractivity contribution in [2.75, 3.05) is 5.32 Å². The minimum atomic E-state index is -0.534. The van der Waals surface area contributed by atoms with Gasteiger partial charge in [0.2, 0.25) is 5.69 Å². The summed E-state index contributed by atoms with van der Waals surface area (Å²) in [7, 11) is 0. The summed E-state index contributed by atoms with van der Waals surface area (Å²) >= 11 is 0. The zero-order valence-electron chi connectivity index (χ0n) is 13.1. The zero-order chi connectivity index (χ0) is 17.1. The Labute approximate surface area is 138 Å². The molecule has 3 rings (SSSR count). The topological polar surface area (TPSA) is 97.1 Å². The number of amides is 1. The van der Waals surface area contributed by atoms with Gasteiger partial charge in [-0.05, 0) is 24.6 Å². The van der Waals surface area contributed by atoms with Gasteiger partial charge in [0.1, 0.15) is 18.2 Å². The van der Waals surface area contributed by atoms with Gasteiger partial charge in [-0.15, -0.1) is 0 Å². The third-order valence-corrected chi connectivity index (χ3v) is 3.62. The minimum Gasteiger partial charge on any atom is -0.839 e. The van der Waals surface area contributed by atoms with Gasteiger partial charge in [0.05, 0.1) is 18.7 Å². The van der Waals surface area contributed by atoms with E-state index >= 15 is 0 Å². The maximum atomic E-state index is 12.6. The van der Waals surface area contributed by atoms with Crippen molar-refractivity contribution in [1.29, 1.82) is 5.26 Å². The van der Waals surface area contributed by atoms with Crippen LogP contribution in [0.3, 0.4) is 0 Å². The quantitative estimate of drug-likeness (QED) is 0.729. The van der Waals surface area contributed by atoms with Crippen molar-refractivity contribution >= 4 is 17.4 Å². The van der Waals surface area contributed by atoms with Crippen LogP contribution in [0.2, 0.25) is 0 Å². The molecule has 0 bridgehead atoms. The largest absolute Gasteiger partial charge is 0.839 e. The Bertz CT molecular complexity index is 938. The number of nitrogens with zero attached hydrogens (tertiary/aromatic N) is 4. The molecule has 0 unspecified atom stereocenters. The van der Waals surface area contributed by atoms with Gasteiger partial charge in [0, 0.05) is 12.3 Å². The van der Waals surface area contributed by atoms with E-state index in [1.807, 2.05) is 19.1 Å². The molecule has 7 heteroatoms. The molecule has 3 heterocycles. The highest BCUT2D eigenvalue weighted by Gasteiger charge is 2.25. The van der Waals surface area contributed by atoms with E-state index in [2.05, 4.69) is 10.3 Å². The number of imidazole rings is 1. The highest BCUT2D eigenvalue weighted by Crippen LogP contribution is 2.16. The Kier molecular flexibility index (Phi) is 4.12. The first-order chi connectivity index (χ1) is 11.6. The SMILES string of the molecule is Cc1ccc(NC(=O)c2c([O-])[n+](CCC#N)c3ccccn23)nc1. The second-order valence-corrected chi connectivity index (χ2v) is 5.32. The summed E-state index contributed by atoms with van der Waals surface area (Å²) in [4.78, 5) is 16.7. The normalized spacial score (nSPS) is 10.5. The van der Waals surface area contributed by atoms with E-state index < -0.39 is 11.8 Å². The van der Waals surface area contributed by atoms with Crippen LogP contribution in [0.4, 0.5) is 5.82 Å². The van der Waals surface area contributed by atoms with Crippen LogP contribution in [0.25, 0.3) is 5.65 Å². The van der Waals surface area contributed by atoms with Gasteiger partial charge in [-0.25, -0.2) is 9.55 Å². The number of nitrogens with one attached hydrogen (secondary N) is 1. The lowest BCUT2D eigenvalue weighted by Crippen LogP contribution is -2.36. The van der Waals surface area contributed by atoms with Crippen LogP contribution in [0.15, 0.2) is 42.7 Å². The van der Waals surface area contributed by atoms with Crippen molar-refractivity contribution < 1.29 is 14.5 Å². The molecule has 0 spiro atoms. The van der Waals surface area contributed by atoms with E-state index in [4.69, 9.17) is 5.26 Å². The molecule has 0 fully saturated rings. The van der Waals surface area contributed by atoms with E-state index in [1.54, 1.807) is 36.7 Å². The van der Waals surface area contributed by atoms with Crippen LogP contribution in [-0.4, -0.2) is 15.3 Å². The predicted octanol–water partition coefficient (Wildman–Crippen LogP) is 1.17. The Morgan fingerprint density at radius 2 is 2.25 bits per heavy atom. The van der Waals surface area contributed by atoms with Gasteiger partial charge in [-0.2, -0.15) is 9.66 Å². The summed E-state index contributed by atoms with van der Waals surface area (Å²) < 4.78 is 2.96. The molecule has 0 aliphatic carbocycles. The number of anilines is 1. The number of carbonyl (C=O) groups excluding carboxylic acids is 1. The molecule has 1 amide bonds. The molecule has 0 saturated carbocycles. The Morgan fingerprint density at radius 1 is 1.42 bits per heavy atom. The number of hydrogen-bond acceptors (Lipinski definition) is 4. The number of nitriles is 1. The first-order valence-electron chi connectivity index (χ1n) is 7.42. The summed E-state index contributed by atoms with van der Waals surface area (Å²) in [5.74, 6) is -0.589. The number of aryl methyl sites for hydroxylation is 2. The first-order valence-corrected chi connectivity index (χ1v) is 7.42. The predicted molar refractivity (Wildman–Crippen MR) is 84.2 cm³/mol. The number of carbonyl (C=O) groups is 1. The Morgan fingerprint density at radius 3 is 2.96 bits per heavy atom. The standard InChI is InChI=1S/C17H15N5O2/c1-12-6-7-13(19-11-12)20-16(23)15-17(24)22(10-4-8-18)14-5-2-3-9-21(14)15/h2-3,5-7,9,11H,4,10H2,1H3,(H-,19,20,23,24). The second-order valence-electron chi connectivity index (χ2n) is 5.32. The molecular formula is C17H15N5O2. The molecule has 0 saturated heterocycles. The van der Waals surface area contributed by atoms with Crippen molar-refractivity contribution in [2.45, 2.75) is 19.9 Å². The lowest BCUT2D eigenvalue weighted by atomic mass is 10.3. The maximum Gasteiger partial charge on any atom is 0.300 e. The van der Waals surface area contributed by atoms with Gasteiger partial charge in [0.15, 0.2) is 0 Å². The minimum absolute atomic E-state index is 0.00841. The third kappa shape index (κ3) is 2.77. The molecule has 0 radical (unpaired) electrons. The average Bonchev–Trinajstić information content (AvgIpc) is 2.86. The number of fused-ring (bicyclic) bond motifs is 1. The van der Waals surface area contributed by atoms with Gasteiger partial charge in [-0.3, -0.25) is 4.79 Å². The molecule has 0 aliphatic rings. The summed E-state index contributed by atoms with van der Waals surface area (Å²) in [6, 6.07) is 10.8. The van der Waals surface area contributed by atoms with E-state index in [0.29, 0.717) is 11.5 Å². The van der Waals surface area contributed by atoms with Crippen molar-refractivity contribution in [3.63, 3.8) is 0 Å². The van der Waals surface area contributed by atoms with Gasteiger partial charge < -0.3 is 10.4 Å². The molecule has 0 aromatic carbocycles. The van der Waals surface area contributed by atoms with Crippen molar-refractivity contribution in [3.05, 3.63) is 54.0 Å². The van der Waals surface area contributed by atoms with Gasteiger partial charge in [0.25, 0.3) is 11.6 Å². The molecule has 7 nitrogen and oxygen atoms in total. The highest BCUT2D eigenvalue weighted by atomic mass is 16.3. The molecule has 24 heavy (non-hydrogen) atoms. The van der Waals surface area contributed by atoms with Crippen LogP contribution in [0.5, 0.6) is 5.88 Å². The molecule has 0 aliphatic heterocycles. The van der Waals surface area contributed by atoms with Crippen LogP contribution < -0.4 is 15.0 Å². The Balaban J connectivity index is 2.02. The van der Waals surface area contributed by atoms with Crippen molar-refractivity contribution in [1.82, 2.24) is 9.38 Å². The molecule has 3 aromatic rings. The summed E-state index contributed by atoms with van der Waals surface area (Å²) in [6.07, 6.45) is 3.48. The van der Waals surface area contributed by atoms with E-state index in [9.17, 15) is 9.90 Å². The van der Waals surface area contributed by atoms with E-state index in [-0.39, 0.29) is 18.7 Å². The molecular weight excluding hydrogens is 306 g/mol. The monoisotopic (exact) mass is 321 g/mol. The zero-order valence-corrected chi connectivity index (χ0v) is 13.1. The lowest BCUT2D eigenvalue weighted by Gasteiger charge is -2.06. The van der Waals surface area contributed by atoms with Crippen LogP contribution in [-0.2, 0) is 6.54 Å². The molecule has 120 valence electrons. The first kappa shape index (κ1) is 15.5. The van der Waals surface area contributed by atoms with E-state index in [1.165, 1.54) is 8.97 Å². The fourth-order valence-electron chi connectivity index (χ4n) is 2.48. The summed E-state index contributed by atoms with van der Waals surface area (Å²) in [6.45, 7) is 2.13. The number of rotatable bonds is 4. The Hall–Kier alpha value is -3.40. The van der Waals surface area contributed by atoms with Gasteiger partial charge in [-0.1, -0.05) is 12.1 Å². The van der Waals surface area contributed by atoms with Crippen LogP contribution >= 0.6 is 0 Å². The smallest absolute Gasteiger partial charge is 0.300 e. The number of hydrogen-bond donors (Lipinski definition) is 1. The van der Waals surface area contributed by atoms with Crippen LogP contribution in [0.1, 0.15) is 22.5 Å². The average molecular weight is 321 g/mol. The second kappa shape index (κ2) is 6.38.